The topological polar surface area (TPSA) is 32.8 Å². The van der Waals surface area contributed by atoms with Crippen molar-refractivity contribution in [1.29, 1.82) is 0 Å². The summed E-state index contributed by atoms with van der Waals surface area (Å²) in [6.07, 6.45) is 5.91. The van der Waals surface area contributed by atoms with Gasteiger partial charge < -0.3 is 18.6 Å². The monoisotopic (exact) mass is 1590 g/mol. The van der Waals surface area contributed by atoms with Crippen molar-refractivity contribution in [3.63, 3.8) is 0 Å². The molecule has 19 aromatic rings. The first-order chi connectivity index (χ1) is 60.5. The Morgan fingerprint density at radius 1 is 0.250 bits per heavy atom. The molecule has 0 saturated heterocycles. The fourth-order valence-electron chi connectivity index (χ4n) is 22.8. The molecule has 4 heteroatoms. The second-order valence-corrected chi connectivity index (χ2v) is 36.8. The van der Waals surface area contributed by atoms with E-state index in [-0.39, 0.29) is 27.6 Å². The molecule has 2 aromatic heterocycles. The zero-order chi connectivity index (χ0) is 83.2. The maximum atomic E-state index is 6.47. The number of nitrogens with zero attached hydrogens (tertiary/aromatic N) is 2. The van der Waals surface area contributed by atoms with Gasteiger partial charge in [-0.05, 0) is 230 Å². The summed E-state index contributed by atoms with van der Waals surface area (Å²) in [7, 11) is 0. The first kappa shape index (κ1) is 73.4. The highest BCUT2D eigenvalue weighted by molar-refractivity contribution is 6.10. The zero-order valence-electron chi connectivity index (χ0n) is 70.9. The van der Waals surface area contributed by atoms with Gasteiger partial charge >= 0.3 is 0 Å². The molecule has 4 nitrogen and oxygen atoms in total. The molecule has 2 heterocycles. The Hall–Kier alpha value is -14.6. The summed E-state index contributed by atoms with van der Waals surface area (Å²) >= 11 is 0. The van der Waals surface area contributed by atoms with Crippen LogP contribution in [0.1, 0.15) is 118 Å². The van der Waals surface area contributed by atoms with Crippen molar-refractivity contribution in [1.82, 2.24) is 0 Å². The molecule has 0 amide bonds. The van der Waals surface area contributed by atoms with Gasteiger partial charge in [0.05, 0.1) is 22.7 Å². The van der Waals surface area contributed by atoms with Crippen LogP contribution in [-0.4, -0.2) is 0 Å². The van der Waals surface area contributed by atoms with Gasteiger partial charge in [-0.1, -0.05) is 353 Å². The van der Waals surface area contributed by atoms with Crippen molar-refractivity contribution < 1.29 is 8.83 Å². The highest BCUT2D eigenvalue weighted by Crippen LogP contribution is 2.61. The quantitative estimate of drug-likeness (QED) is 0.115. The zero-order valence-corrected chi connectivity index (χ0v) is 70.9. The molecule has 592 valence electrons. The molecule has 17 aromatic carbocycles. The minimum absolute atomic E-state index is 0.0958. The highest BCUT2D eigenvalue weighted by atomic mass is 16.3. The molecule has 5 aliphatic rings. The smallest absolute Gasteiger partial charge is 0.135 e. The van der Waals surface area contributed by atoms with Crippen molar-refractivity contribution in [2.24, 2.45) is 0 Å². The third-order valence-electron chi connectivity index (χ3n) is 28.6. The molecule has 1 atom stereocenters. The van der Waals surface area contributed by atoms with E-state index in [0.717, 1.165) is 107 Å². The first-order valence-electron chi connectivity index (χ1n) is 43.9. The van der Waals surface area contributed by atoms with Crippen LogP contribution in [0.5, 0.6) is 0 Å². The summed E-state index contributed by atoms with van der Waals surface area (Å²) in [6, 6.07) is 139. The van der Waals surface area contributed by atoms with E-state index >= 15 is 0 Å². The highest BCUT2D eigenvalue weighted by Gasteiger charge is 2.44. The van der Waals surface area contributed by atoms with Gasteiger partial charge in [-0.15, -0.1) is 0 Å². The van der Waals surface area contributed by atoms with Crippen molar-refractivity contribution in [2.45, 2.75) is 89.4 Å². The Kier molecular flexibility index (Phi) is 16.2. The molecule has 124 heavy (non-hydrogen) atoms. The molecule has 0 aliphatic heterocycles. The predicted molar refractivity (Wildman–Crippen MR) is 519 cm³/mol. The second-order valence-electron chi connectivity index (χ2n) is 36.8. The normalized spacial score (nSPS) is 15.5. The number of anilines is 6. The van der Waals surface area contributed by atoms with Gasteiger partial charge in [-0.2, -0.15) is 0 Å². The van der Waals surface area contributed by atoms with E-state index in [1.807, 2.05) is 0 Å². The van der Waals surface area contributed by atoms with Gasteiger partial charge in [0.1, 0.15) is 22.3 Å². The maximum Gasteiger partial charge on any atom is 0.135 e. The second kappa shape index (κ2) is 27.5. The third-order valence-corrected chi connectivity index (χ3v) is 28.6. The standard InChI is InChI=1S/C120H90N2O2/c1-117(2)100-47-19-10-40-92(100)113-89(43-29-49-103(113)117)85-36-14-23-53-107(85)121(105-51-21-12-33-81(105)76-60-65-111-96(69-76)87-38-16-25-55-109(87)123-111)79-62-57-73(58-63-79)94-71-78(72-98-84-35-9-18-46-99(84)119(5,6)116(94)98)74-59-64-102-95(68-74)91-45-28-42-83(115(91)120(102,7)8)75-31-27-32-80(67-75)122(106-52-22-13-34-82(106)77-61-66-112-97(70-77)88-39-17-26-56-110(88)124-112)108-54-24-15-37-86(108)90-44-30-50-104-114(90)93-41-11-20-48-101(93)118(104,3)4/h9-67,69-72,74H,68H2,1-8H3. The number of allylic oxidation sites excluding steroid dienone is 4. The van der Waals surface area contributed by atoms with E-state index in [4.69, 9.17) is 8.83 Å². The Morgan fingerprint density at radius 3 is 1.19 bits per heavy atom. The number of benzene rings is 17. The van der Waals surface area contributed by atoms with Crippen LogP contribution in [-0.2, 0) is 21.7 Å². The molecule has 5 aliphatic carbocycles. The molecule has 0 spiro atoms. The van der Waals surface area contributed by atoms with Gasteiger partial charge in [0.15, 0.2) is 0 Å². The van der Waals surface area contributed by atoms with Gasteiger partial charge in [0.25, 0.3) is 0 Å². The Bertz CT molecular complexity index is 7800. The minimum Gasteiger partial charge on any atom is -0.456 e. The van der Waals surface area contributed by atoms with E-state index in [2.05, 4.69) is 447 Å². The average molecular weight is 1590 g/mol. The summed E-state index contributed by atoms with van der Waals surface area (Å²) in [6.45, 7) is 19.3. The number of rotatable bonds is 13. The van der Waals surface area contributed by atoms with E-state index in [1.54, 1.807) is 0 Å². The fourth-order valence-corrected chi connectivity index (χ4v) is 22.8. The van der Waals surface area contributed by atoms with Crippen LogP contribution in [0, 0.1) is 0 Å². The van der Waals surface area contributed by atoms with Gasteiger partial charge in [0.2, 0.25) is 0 Å². The average Bonchev–Trinajstić information content (AvgIpc) is 1.55. The van der Waals surface area contributed by atoms with E-state index in [9.17, 15) is 0 Å². The summed E-state index contributed by atoms with van der Waals surface area (Å²) < 4.78 is 12.9. The fraction of sp³-hybridized carbons (Fsp3) is 0.117. The van der Waals surface area contributed by atoms with Crippen LogP contribution in [0.3, 0.4) is 0 Å². The molecule has 0 bridgehead atoms. The Labute approximate surface area is 724 Å². The van der Waals surface area contributed by atoms with Crippen LogP contribution in [0.25, 0.3) is 150 Å². The Morgan fingerprint density at radius 2 is 0.637 bits per heavy atom. The van der Waals surface area contributed by atoms with Gasteiger partial charge in [-0.25, -0.2) is 0 Å². The number of hydrogen-bond donors (Lipinski definition) is 0. The lowest BCUT2D eigenvalue weighted by Gasteiger charge is -2.31. The van der Waals surface area contributed by atoms with Crippen LogP contribution in [0.4, 0.5) is 34.1 Å². The lowest BCUT2D eigenvalue weighted by atomic mass is 9.75. The lowest BCUT2D eigenvalue weighted by molar-refractivity contribution is 0.650. The van der Waals surface area contributed by atoms with Crippen LogP contribution >= 0.6 is 0 Å². The maximum absolute atomic E-state index is 6.47. The van der Waals surface area contributed by atoms with Crippen molar-refractivity contribution in [3.8, 4) is 100 Å². The van der Waals surface area contributed by atoms with Crippen LogP contribution < -0.4 is 9.80 Å². The molecule has 1 unspecified atom stereocenters. The molecule has 24 rings (SSSR count). The van der Waals surface area contributed by atoms with Crippen LogP contribution in [0.15, 0.2) is 397 Å². The third kappa shape index (κ3) is 10.9. The number of fused-ring (bicyclic) bond motifs is 17. The molecule has 0 saturated carbocycles. The predicted octanol–water partition coefficient (Wildman–Crippen LogP) is 33.1. The molecular formula is C120H90N2O2. The molecule has 0 radical (unpaired) electrons. The summed E-state index contributed by atoms with van der Waals surface area (Å²) in [5.74, 6) is 0.0958. The van der Waals surface area contributed by atoms with E-state index < -0.39 is 0 Å². The number of para-hydroxylation sites is 6. The Balaban J connectivity index is 0.622. The first-order valence-corrected chi connectivity index (χ1v) is 43.9. The molecule has 0 fully saturated rings. The largest absolute Gasteiger partial charge is 0.456 e. The van der Waals surface area contributed by atoms with Crippen molar-refractivity contribution in [3.05, 3.63) is 438 Å². The van der Waals surface area contributed by atoms with Gasteiger partial charge in [-0.3, -0.25) is 0 Å². The molecule has 0 N–H and O–H groups in total. The summed E-state index contributed by atoms with van der Waals surface area (Å²) in [5, 5.41) is 4.42. The van der Waals surface area contributed by atoms with Crippen molar-refractivity contribution >= 4 is 83.6 Å². The summed E-state index contributed by atoms with van der Waals surface area (Å²) in [5.41, 5.74) is 46.0. The molecular weight excluding hydrogens is 1500 g/mol. The van der Waals surface area contributed by atoms with Gasteiger partial charge in [0, 0.05) is 82.8 Å². The van der Waals surface area contributed by atoms with E-state index in [0.29, 0.717) is 0 Å². The summed E-state index contributed by atoms with van der Waals surface area (Å²) in [4.78, 5) is 5.06. The lowest BCUT2D eigenvalue weighted by Crippen LogP contribution is -2.18. The SMILES string of the molecule is CC1(C)C2=C(CC(c3cc(-c4ccc(N(c5ccccc5-c5ccc6oc7ccccc7c6c5)c5ccccc5-c5cccc6c5-c5ccccc5C6(C)C)cc4)c4c(c3)-c3ccccc3C4(C)C)C=C2)c2cccc(-c3cccc(N(c4ccccc4-c4ccc5oc6ccccc6c5c4)c4ccccc4-c4cccc5c4-c4ccccc4C5(C)C)c3)c21. The van der Waals surface area contributed by atoms with Crippen LogP contribution in [0.2, 0.25) is 0 Å². The minimum atomic E-state index is -0.320. The number of furan rings is 2. The van der Waals surface area contributed by atoms with Crippen molar-refractivity contribution in [2.75, 3.05) is 9.80 Å². The number of hydrogen-bond acceptors (Lipinski definition) is 4. The van der Waals surface area contributed by atoms with E-state index in [1.165, 1.54) is 139 Å².